The molecule has 0 aromatic carbocycles. The van der Waals surface area contributed by atoms with E-state index in [0.717, 1.165) is 12.2 Å². The van der Waals surface area contributed by atoms with Crippen molar-refractivity contribution < 1.29 is 0 Å². The van der Waals surface area contributed by atoms with Gasteiger partial charge in [-0.1, -0.05) is 35.9 Å². The van der Waals surface area contributed by atoms with Crippen molar-refractivity contribution in [1.29, 1.82) is 0 Å². The number of likely N-dealkylation sites (N-methyl/N-ethyl adjacent to an activating group) is 1. The average molecular weight is 265 g/mol. The van der Waals surface area contributed by atoms with Crippen LogP contribution in [-0.2, 0) is 0 Å². The van der Waals surface area contributed by atoms with Crippen LogP contribution in [0.4, 0.5) is 0 Å². The maximum Gasteiger partial charge on any atom is 0.0776 e. The van der Waals surface area contributed by atoms with E-state index in [4.69, 9.17) is 0 Å². The molecule has 1 N–H and O–H groups in total. The number of hydrogen-bond acceptors (Lipinski definition) is 4. The summed E-state index contributed by atoms with van der Waals surface area (Å²) in [7, 11) is 0. The summed E-state index contributed by atoms with van der Waals surface area (Å²) in [6.45, 7) is 5.21. The van der Waals surface area contributed by atoms with Crippen LogP contribution in [0.2, 0.25) is 0 Å². The van der Waals surface area contributed by atoms with Crippen molar-refractivity contribution in [2.24, 2.45) is 0 Å². The van der Waals surface area contributed by atoms with Gasteiger partial charge in [0.2, 0.25) is 0 Å². The highest BCUT2D eigenvalue weighted by Crippen LogP contribution is 2.31. The second kappa shape index (κ2) is 7.00. The predicted molar refractivity (Wildman–Crippen MR) is 76.8 cm³/mol. The van der Waals surface area contributed by atoms with E-state index in [9.17, 15) is 0 Å². The zero-order chi connectivity index (χ0) is 12.8. The topological polar surface area (TPSA) is 37.8 Å². The Morgan fingerprint density at radius 3 is 2.89 bits per heavy atom. The van der Waals surface area contributed by atoms with Crippen molar-refractivity contribution in [3.63, 3.8) is 0 Å². The zero-order valence-electron chi connectivity index (χ0n) is 11.4. The Morgan fingerprint density at radius 1 is 1.33 bits per heavy atom. The van der Waals surface area contributed by atoms with Crippen LogP contribution in [0.3, 0.4) is 0 Å². The van der Waals surface area contributed by atoms with Gasteiger partial charge in [0.25, 0.3) is 0 Å². The lowest BCUT2D eigenvalue weighted by Crippen LogP contribution is -2.23. The van der Waals surface area contributed by atoms with Gasteiger partial charge in [0, 0.05) is 0 Å². The summed E-state index contributed by atoms with van der Waals surface area (Å²) < 4.78 is 4.09. The van der Waals surface area contributed by atoms with E-state index in [1.807, 2.05) is 0 Å². The molecule has 1 aromatic heterocycles. The van der Waals surface area contributed by atoms with E-state index in [1.54, 1.807) is 5.57 Å². The molecule has 0 saturated carbocycles. The minimum atomic E-state index is 0.341. The van der Waals surface area contributed by atoms with E-state index in [-0.39, 0.29) is 0 Å². The molecule has 0 radical (unpaired) electrons. The van der Waals surface area contributed by atoms with E-state index >= 15 is 0 Å². The van der Waals surface area contributed by atoms with Crippen molar-refractivity contribution in [3.8, 4) is 0 Å². The van der Waals surface area contributed by atoms with Gasteiger partial charge in [0.05, 0.1) is 16.6 Å². The van der Waals surface area contributed by atoms with Crippen LogP contribution >= 0.6 is 11.5 Å². The third-order valence-electron chi connectivity index (χ3n) is 3.55. The molecule has 18 heavy (non-hydrogen) atoms. The first-order chi connectivity index (χ1) is 8.83. The van der Waals surface area contributed by atoms with Gasteiger partial charge in [-0.3, -0.25) is 0 Å². The minimum absolute atomic E-state index is 0.341. The lowest BCUT2D eigenvalue weighted by Gasteiger charge is -2.22. The number of aryl methyl sites for hydroxylation is 1. The highest BCUT2D eigenvalue weighted by atomic mass is 32.1. The summed E-state index contributed by atoms with van der Waals surface area (Å²) in [5.74, 6) is 0. The molecule has 1 atom stereocenters. The third kappa shape index (κ3) is 3.39. The normalized spacial score (nSPS) is 18.9. The van der Waals surface area contributed by atoms with Gasteiger partial charge in [-0.2, -0.15) is 0 Å². The summed E-state index contributed by atoms with van der Waals surface area (Å²) in [6.07, 6.45) is 10.3. The summed E-state index contributed by atoms with van der Waals surface area (Å²) in [5, 5.41) is 7.76. The molecule has 2 rings (SSSR count). The fourth-order valence-corrected chi connectivity index (χ4v) is 3.34. The predicted octanol–water partition coefficient (Wildman–Crippen LogP) is 3.78. The highest BCUT2D eigenvalue weighted by molar-refractivity contribution is 7.05. The lowest BCUT2D eigenvalue weighted by atomic mass is 9.93. The molecule has 4 heteroatoms. The third-order valence-corrected chi connectivity index (χ3v) is 4.45. The Kier molecular flexibility index (Phi) is 5.32. The molecule has 0 saturated heterocycles. The standard InChI is InChI=1S/C14H23N3S/c1-3-15-13(14-11(2)16-17-18-14)12-9-7-5-4-6-8-10-12/h9,13,15H,3-8,10H2,1-2H3. The quantitative estimate of drug-likeness (QED) is 0.842. The van der Waals surface area contributed by atoms with Crippen LogP contribution in [0.5, 0.6) is 0 Å². The number of nitrogens with one attached hydrogen (secondary N) is 1. The Hall–Kier alpha value is -0.740. The summed E-state index contributed by atoms with van der Waals surface area (Å²) in [4.78, 5) is 1.30. The number of nitrogens with zero attached hydrogens (tertiary/aromatic N) is 2. The van der Waals surface area contributed by atoms with Crippen molar-refractivity contribution >= 4 is 11.5 Å². The fourth-order valence-electron chi connectivity index (χ4n) is 2.58. The maximum atomic E-state index is 4.16. The second-order valence-corrected chi connectivity index (χ2v) is 5.73. The van der Waals surface area contributed by atoms with Crippen molar-refractivity contribution in [3.05, 3.63) is 22.2 Å². The molecule has 1 unspecified atom stereocenters. The van der Waals surface area contributed by atoms with Gasteiger partial charge in [-0.25, -0.2) is 0 Å². The number of allylic oxidation sites excluding steroid dienone is 1. The fraction of sp³-hybridized carbons (Fsp3) is 0.714. The van der Waals surface area contributed by atoms with Crippen LogP contribution in [0, 0.1) is 6.92 Å². The monoisotopic (exact) mass is 265 g/mol. The first-order valence-electron chi connectivity index (χ1n) is 7.04. The van der Waals surface area contributed by atoms with Crippen LogP contribution < -0.4 is 5.32 Å². The Morgan fingerprint density at radius 2 is 2.17 bits per heavy atom. The van der Waals surface area contributed by atoms with Crippen LogP contribution in [0.25, 0.3) is 0 Å². The van der Waals surface area contributed by atoms with Gasteiger partial charge in [-0.15, -0.1) is 5.10 Å². The molecule has 0 aliphatic heterocycles. The molecule has 1 heterocycles. The molecule has 0 amide bonds. The summed E-state index contributed by atoms with van der Waals surface area (Å²) >= 11 is 1.54. The Bertz CT molecular complexity index is 397. The smallest absolute Gasteiger partial charge is 0.0776 e. The largest absolute Gasteiger partial charge is 0.306 e. The Labute approximate surface area is 114 Å². The number of rotatable bonds is 4. The average Bonchev–Trinajstić information content (AvgIpc) is 2.73. The van der Waals surface area contributed by atoms with Crippen LogP contribution in [0.1, 0.15) is 62.1 Å². The van der Waals surface area contributed by atoms with E-state index < -0.39 is 0 Å². The highest BCUT2D eigenvalue weighted by Gasteiger charge is 2.20. The minimum Gasteiger partial charge on any atom is -0.306 e. The first kappa shape index (κ1) is 13.7. The van der Waals surface area contributed by atoms with E-state index in [0.29, 0.717) is 6.04 Å². The first-order valence-corrected chi connectivity index (χ1v) is 7.81. The lowest BCUT2D eigenvalue weighted by molar-refractivity contribution is 0.556. The molecular weight excluding hydrogens is 242 g/mol. The zero-order valence-corrected chi connectivity index (χ0v) is 12.2. The SMILES string of the molecule is CCNC(C1=CCCCCCC1)c1snnc1C. The van der Waals surface area contributed by atoms with Gasteiger partial charge in [0.1, 0.15) is 0 Å². The molecular formula is C14H23N3S. The van der Waals surface area contributed by atoms with Gasteiger partial charge < -0.3 is 5.32 Å². The molecule has 0 spiro atoms. The van der Waals surface area contributed by atoms with Crippen molar-refractivity contribution in [2.45, 2.75) is 58.4 Å². The molecule has 0 bridgehead atoms. The van der Waals surface area contributed by atoms with E-state index in [1.165, 1.54) is 54.9 Å². The van der Waals surface area contributed by atoms with Gasteiger partial charge in [-0.05, 0) is 50.7 Å². The second-order valence-electron chi connectivity index (χ2n) is 4.95. The Balaban J connectivity index is 2.20. The molecule has 100 valence electrons. The van der Waals surface area contributed by atoms with Gasteiger partial charge in [0.15, 0.2) is 0 Å². The number of hydrogen-bond donors (Lipinski definition) is 1. The molecule has 1 aliphatic rings. The van der Waals surface area contributed by atoms with Crippen LogP contribution in [0.15, 0.2) is 11.6 Å². The van der Waals surface area contributed by atoms with E-state index in [2.05, 4.69) is 34.8 Å². The van der Waals surface area contributed by atoms with Gasteiger partial charge >= 0.3 is 0 Å². The molecule has 1 aliphatic carbocycles. The molecule has 0 fully saturated rings. The maximum absolute atomic E-state index is 4.16. The van der Waals surface area contributed by atoms with Crippen LogP contribution in [-0.4, -0.2) is 16.1 Å². The summed E-state index contributed by atoms with van der Waals surface area (Å²) in [5.41, 5.74) is 2.62. The van der Waals surface area contributed by atoms with Crippen molar-refractivity contribution in [1.82, 2.24) is 14.9 Å². The summed E-state index contributed by atoms with van der Waals surface area (Å²) in [6, 6.07) is 0.341. The molecule has 3 nitrogen and oxygen atoms in total. The molecule has 1 aromatic rings. The van der Waals surface area contributed by atoms with Crippen molar-refractivity contribution in [2.75, 3.05) is 6.54 Å². The number of aromatic nitrogens is 2.